The maximum absolute atomic E-state index is 13.5. The van der Waals surface area contributed by atoms with E-state index in [-0.39, 0.29) is 17.2 Å². The maximum atomic E-state index is 13.5. The minimum Gasteiger partial charge on any atom is -0.459 e. The van der Waals surface area contributed by atoms with Gasteiger partial charge in [0.2, 0.25) is 10.0 Å². The van der Waals surface area contributed by atoms with E-state index in [0.717, 1.165) is 12.1 Å². The third-order valence-corrected chi connectivity index (χ3v) is 3.22. The first-order chi connectivity index (χ1) is 8.12. The van der Waals surface area contributed by atoms with E-state index in [4.69, 9.17) is 9.88 Å². The molecule has 1 aromatic carbocycles. The number of benzene rings is 1. The highest BCUT2D eigenvalue weighted by Gasteiger charge is 2.20. The average Bonchev–Trinajstić information content (AvgIpc) is 2.18. The number of carbonyl (C=O) groups is 1. The standard InChI is InChI=1S/C11H14FNO4S/c1-6(2)17-11(14)8-4-9(12)7(3)10(5-8)18(13,15)16/h4-6H,1-3H3,(H2,13,15,16). The van der Waals surface area contributed by atoms with Gasteiger partial charge in [-0.3, -0.25) is 0 Å². The van der Waals surface area contributed by atoms with Crippen molar-refractivity contribution >= 4 is 16.0 Å². The molecule has 0 heterocycles. The van der Waals surface area contributed by atoms with Crippen LogP contribution in [0, 0.1) is 12.7 Å². The summed E-state index contributed by atoms with van der Waals surface area (Å²) in [7, 11) is -4.09. The van der Waals surface area contributed by atoms with Gasteiger partial charge >= 0.3 is 5.97 Å². The lowest BCUT2D eigenvalue weighted by atomic mass is 10.1. The molecular weight excluding hydrogens is 261 g/mol. The number of ether oxygens (including phenoxy) is 1. The van der Waals surface area contributed by atoms with Crippen LogP contribution < -0.4 is 5.14 Å². The quantitative estimate of drug-likeness (QED) is 0.843. The van der Waals surface area contributed by atoms with Gasteiger partial charge in [-0.2, -0.15) is 0 Å². The highest BCUT2D eigenvalue weighted by molar-refractivity contribution is 7.89. The minimum atomic E-state index is -4.09. The highest BCUT2D eigenvalue weighted by Crippen LogP contribution is 2.20. The monoisotopic (exact) mass is 275 g/mol. The summed E-state index contributed by atoms with van der Waals surface area (Å²) in [6.07, 6.45) is -0.389. The lowest BCUT2D eigenvalue weighted by molar-refractivity contribution is 0.0377. The van der Waals surface area contributed by atoms with Crippen molar-refractivity contribution in [3.05, 3.63) is 29.1 Å². The zero-order chi connectivity index (χ0) is 14.1. The van der Waals surface area contributed by atoms with Crippen molar-refractivity contribution in [2.24, 2.45) is 5.14 Å². The van der Waals surface area contributed by atoms with E-state index in [1.54, 1.807) is 13.8 Å². The Balaban J connectivity index is 3.34. The van der Waals surface area contributed by atoms with Crippen molar-refractivity contribution in [2.45, 2.75) is 31.8 Å². The number of carbonyl (C=O) groups excluding carboxylic acids is 1. The summed E-state index contributed by atoms with van der Waals surface area (Å²) in [6.45, 7) is 4.53. The largest absolute Gasteiger partial charge is 0.459 e. The molecule has 0 bridgehead atoms. The predicted octanol–water partition coefficient (Wildman–Crippen LogP) is 1.35. The fourth-order valence-electron chi connectivity index (χ4n) is 1.35. The number of nitrogens with two attached hydrogens (primary N) is 1. The van der Waals surface area contributed by atoms with Crippen molar-refractivity contribution in [1.29, 1.82) is 0 Å². The van der Waals surface area contributed by atoms with Gasteiger partial charge in [-0.25, -0.2) is 22.7 Å². The van der Waals surface area contributed by atoms with Gasteiger partial charge in [0.15, 0.2) is 0 Å². The molecular formula is C11H14FNO4S. The molecule has 1 rings (SSSR count). The van der Waals surface area contributed by atoms with E-state index in [2.05, 4.69) is 0 Å². The van der Waals surface area contributed by atoms with Crippen LogP contribution in [0.25, 0.3) is 0 Å². The number of hydrogen-bond donors (Lipinski definition) is 1. The molecule has 0 aliphatic rings. The van der Waals surface area contributed by atoms with Gasteiger partial charge in [0.25, 0.3) is 0 Å². The lowest BCUT2D eigenvalue weighted by Crippen LogP contribution is -2.17. The summed E-state index contributed by atoms with van der Waals surface area (Å²) >= 11 is 0. The fourth-order valence-corrected chi connectivity index (χ4v) is 2.16. The third kappa shape index (κ3) is 3.27. The zero-order valence-electron chi connectivity index (χ0n) is 10.2. The summed E-state index contributed by atoms with van der Waals surface area (Å²) in [5.74, 6) is -1.62. The van der Waals surface area contributed by atoms with Crippen LogP contribution in [0.15, 0.2) is 17.0 Å². The zero-order valence-corrected chi connectivity index (χ0v) is 11.0. The lowest BCUT2D eigenvalue weighted by Gasteiger charge is -2.10. The first kappa shape index (κ1) is 14.6. The Morgan fingerprint density at radius 2 is 1.94 bits per heavy atom. The molecule has 0 aliphatic carbocycles. The van der Waals surface area contributed by atoms with Crippen LogP contribution in [-0.2, 0) is 14.8 Å². The fraction of sp³-hybridized carbons (Fsp3) is 0.364. The Morgan fingerprint density at radius 3 is 2.39 bits per heavy atom. The Labute approximate surface area is 105 Å². The van der Waals surface area contributed by atoms with Gasteiger partial charge in [-0.05, 0) is 32.9 Å². The number of rotatable bonds is 3. The molecule has 18 heavy (non-hydrogen) atoms. The number of halogens is 1. The summed E-state index contributed by atoms with van der Waals surface area (Å²) < 4.78 is 40.9. The Hall–Kier alpha value is -1.47. The van der Waals surface area contributed by atoms with Crippen LogP contribution in [0.3, 0.4) is 0 Å². The smallest absolute Gasteiger partial charge is 0.338 e. The molecule has 0 aliphatic heterocycles. The van der Waals surface area contributed by atoms with E-state index in [0.29, 0.717) is 0 Å². The number of esters is 1. The highest BCUT2D eigenvalue weighted by atomic mass is 32.2. The van der Waals surface area contributed by atoms with Gasteiger partial charge in [0, 0.05) is 5.56 Å². The summed E-state index contributed by atoms with van der Waals surface area (Å²) in [4.78, 5) is 11.2. The molecule has 0 spiro atoms. The molecule has 100 valence electrons. The number of hydrogen-bond acceptors (Lipinski definition) is 4. The summed E-state index contributed by atoms with van der Waals surface area (Å²) in [5.41, 5.74) is -0.311. The molecule has 0 radical (unpaired) electrons. The van der Waals surface area contributed by atoms with Gasteiger partial charge in [-0.15, -0.1) is 0 Å². The molecule has 0 fully saturated rings. The van der Waals surface area contributed by atoms with E-state index >= 15 is 0 Å². The van der Waals surface area contributed by atoms with Crippen molar-refractivity contribution < 1.29 is 22.3 Å². The molecule has 7 heteroatoms. The molecule has 0 atom stereocenters. The van der Waals surface area contributed by atoms with Crippen molar-refractivity contribution in [2.75, 3.05) is 0 Å². The topological polar surface area (TPSA) is 86.5 Å². The molecule has 1 aromatic rings. The van der Waals surface area contributed by atoms with Gasteiger partial charge in [-0.1, -0.05) is 0 Å². The number of primary sulfonamides is 1. The predicted molar refractivity (Wildman–Crippen MR) is 63.1 cm³/mol. The van der Waals surface area contributed by atoms with Crippen LogP contribution in [0.4, 0.5) is 4.39 Å². The van der Waals surface area contributed by atoms with Crippen molar-refractivity contribution in [3.63, 3.8) is 0 Å². The van der Waals surface area contributed by atoms with E-state index < -0.39 is 26.7 Å². The molecule has 0 amide bonds. The molecule has 2 N–H and O–H groups in total. The Bertz CT molecular complexity index is 581. The van der Waals surface area contributed by atoms with E-state index in [9.17, 15) is 17.6 Å². The Morgan fingerprint density at radius 1 is 1.39 bits per heavy atom. The van der Waals surface area contributed by atoms with Gasteiger partial charge in [0.05, 0.1) is 16.6 Å². The second-order valence-corrected chi connectivity index (χ2v) is 5.61. The minimum absolute atomic E-state index is 0.126. The van der Waals surface area contributed by atoms with Gasteiger partial charge in [0.1, 0.15) is 5.82 Å². The number of sulfonamides is 1. The first-order valence-electron chi connectivity index (χ1n) is 5.17. The summed E-state index contributed by atoms with van der Waals surface area (Å²) in [6, 6.07) is 1.94. The first-order valence-corrected chi connectivity index (χ1v) is 6.71. The normalized spacial score (nSPS) is 11.7. The van der Waals surface area contributed by atoms with Crippen LogP contribution in [-0.4, -0.2) is 20.5 Å². The molecule has 5 nitrogen and oxygen atoms in total. The van der Waals surface area contributed by atoms with Crippen LogP contribution in [0.1, 0.15) is 29.8 Å². The molecule has 0 unspecified atom stereocenters. The molecule has 0 saturated carbocycles. The van der Waals surface area contributed by atoms with Crippen molar-refractivity contribution in [3.8, 4) is 0 Å². The van der Waals surface area contributed by atoms with Gasteiger partial charge < -0.3 is 4.74 Å². The average molecular weight is 275 g/mol. The second-order valence-electron chi connectivity index (χ2n) is 4.08. The van der Waals surface area contributed by atoms with Crippen LogP contribution >= 0.6 is 0 Å². The van der Waals surface area contributed by atoms with E-state index in [1.807, 2.05) is 0 Å². The SMILES string of the molecule is Cc1c(F)cc(C(=O)OC(C)C)cc1S(N)(=O)=O. The Kier molecular flexibility index (Phi) is 4.08. The van der Waals surface area contributed by atoms with Crippen LogP contribution in [0.2, 0.25) is 0 Å². The van der Waals surface area contributed by atoms with Crippen molar-refractivity contribution in [1.82, 2.24) is 0 Å². The maximum Gasteiger partial charge on any atom is 0.338 e. The van der Waals surface area contributed by atoms with E-state index in [1.165, 1.54) is 6.92 Å². The second kappa shape index (κ2) is 5.03. The van der Waals surface area contributed by atoms with Crippen LogP contribution in [0.5, 0.6) is 0 Å². The third-order valence-electron chi connectivity index (χ3n) is 2.18. The molecule has 0 saturated heterocycles. The summed E-state index contributed by atoms with van der Waals surface area (Å²) in [5, 5.41) is 4.95. The molecule has 0 aromatic heterocycles.